The maximum absolute atomic E-state index is 12.3. The number of rotatable bonds is 6. The Morgan fingerprint density at radius 3 is 2.59 bits per heavy atom. The van der Waals surface area contributed by atoms with Crippen molar-refractivity contribution in [3.8, 4) is 0 Å². The number of aryl methyl sites for hydroxylation is 2. The van der Waals surface area contributed by atoms with Crippen LogP contribution in [-0.4, -0.2) is 24.6 Å². The number of thiazole rings is 1. The van der Waals surface area contributed by atoms with Gasteiger partial charge in [0, 0.05) is 13.0 Å². The van der Waals surface area contributed by atoms with Crippen LogP contribution < -0.4 is 4.80 Å². The molecule has 1 heterocycles. The summed E-state index contributed by atoms with van der Waals surface area (Å²) < 4.78 is 27.7. The lowest BCUT2D eigenvalue weighted by molar-refractivity contribution is -0.118. The van der Waals surface area contributed by atoms with Gasteiger partial charge in [-0.25, -0.2) is 8.42 Å². The largest absolute Gasteiger partial charge is 0.317 e. The van der Waals surface area contributed by atoms with Gasteiger partial charge in [0.2, 0.25) is 5.91 Å². The molecular formula is C20H22N2O3S2. The zero-order chi connectivity index (χ0) is 19.4. The molecule has 0 bridgehead atoms. The number of amides is 1. The molecule has 1 amide bonds. The van der Waals surface area contributed by atoms with Crippen molar-refractivity contribution in [3.05, 3.63) is 58.9 Å². The van der Waals surface area contributed by atoms with Crippen LogP contribution >= 0.6 is 11.3 Å². The molecule has 7 heteroatoms. The van der Waals surface area contributed by atoms with E-state index in [4.69, 9.17) is 0 Å². The van der Waals surface area contributed by atoms with Gasteiger partial charge < -0.3 is 4.57 Å². The molecule has 3 rings (SSSR count). The summed E-state index contributed by atoms with van der Waals surface area (Å²) in [5.41, 5.74) is 2.22. The molecule has 27 heavy (non-hydrogen) atoms. The zero-order valence-corrected chi connectivity index (χ0v) is 17.0. The van der Waals surface area contributed by atoms with Gasteiger partial charge in [0.05, 0.1) is 20.9 Å². The number of sulfone groups is 1. The lowest BCUT2D eigenvalue weighted by Gasteiger charge is -2.03. The highest BCUT2D eigenvalue weighted by Gasteiger charge is 2.14. The van der Waals surface area contributed by atoms with Crippen molar-refractivity contribution >= 4 is 37.3 Å². The fraction of sp³-hybridized carbons (Fsp3) is 0.300. The monoisotopic (exact) mass is 402 g/mol. The minimum absolute atomic E-state index is 0.0579. The second-order valence-corrected chi connectivity index (χ2v) is 9.46. The summed E-state index contributed by atoms with van der Waals surface area (Å²) in [4.78, 5) is 17.5. The Hall–Kier alpha value is -2.25. The van der Waals surface area contributed by atoms with Crippen LogP contribution in [0.3, 0.4) is 0 Å². The molecule has 0 atom stereocenters. The van der Waals surface area contributed by atoms with Crippen LogP contribution in [0.25, 0.3) is 10.2 Å². The van der Waals surface area contributed by atoms with Crippen molar-refractivity contribution in [2.45, 2.75) is 38.1 Å². The van der Waals surface area contributed by atoms with Gasteiger partial charge in [0.15, 0.2) is 14.6 Å². The summed E-state index contributed by atoms with van der Waals surface area (Å²) in [5, 5.41) is 0. The lowest BCUT2D eigenvalue weighted by atomic mass is 10.2. The van der Waals surface area contributed by atoms with Crippen molar-refractivity contribution in [2.24, 2.45) is 4.99 Å². The Kier molecular flexibility index (Phi) is 5.92. The Labute approximate surface area is 162 Å². The summed E-state index contributed by atoms with van der Waals surface area (Å²) in [5.74, 6) is -0.346. The first-order chi connectivity index (χ1) is 12.9. The van der Waals surface area contributed by atoms with E-state index in [1.165, 1.54) is 11.3 Å². The third-order valence-electron chi connectivity index (χ3n) is 4.28. The Bertz CT molecular complexity index is 1130. The molecule has 0 aliphatic carbocycles. The van der Waals surface area contributed by atoms with E-state index in [9.17, 15) is 13.2 Å². The van der Waals surface area contributed by atoms with Crippen LogP contribution in [-0.2, 0) is 21.2 Å². The molecule has 0 aliphatic rings. The third kappa shape index (κ3) is 4.54. The van der Waals surface area contributed by atoms with Gasteiger partial charge in [0.1, 0.15) is 0 Å². The summed E-state index contributed by atoms with van der Waals surface area (Å²) in [7, 11) is -3.36. The predicted molar refractivity (Wildman–Crippen MR) is 109 cm³/mol. The fourth-order valence-corrected chi connectivity index (χ4v) is 5.43. The van der Waals surface area contributed by atoms with Crippen molar-refractivity contribution in [3.63, 3.8) is 0 Å². The van der Waals surface area contributed by atoms with Crippen molar-refractivity contribution in [1.29, 1.82) is 0 Å². The van der Waals surface area contributed by atoms with E-state index in [1.807, 2.05) is 30.5 Å². The molecular weight excluding hydrogens is 380 g/mol. The SMILES string of the molecule is CCn1c(=NC(=O)CCCS(=O)(=O)c2ccccc2)sc2cc(C)ccc21. The quantitative estimate of drug-likeness (QED) is 0.631. The predicted octanol–water partition coefficient (Wildman–Crippen LogP) is 3.71. The highest BCUT2D eigenvalue weighted by Crippen LogP contribution is 2.19. The number of hydrogen-bond acceptors (Lipinski definition) is 4. The average molecular weight is 403 g/mol. The number of nitrogens with zero attached hydrogens (tertiary/aromatic N) is 2. The number of carbonyl (C=O) groups excluding carboxylic acids is 1. The summed E-state index contributed by atoms with van der Waals surface area (Å²) in [6.07, 6.45) is 0.374. The van der Waals surface area contributed by atoms with Gasteiger partial charge in [-0.2, -0.15) is 4.99 Å². The summed E-state index contributed by atoms with van der Waals surface area (Å²) >= 11 is 1.48. The number of hydrogen-bond donors (Lipinski definition) is 0. The number of carbonyl (C=O) groups is 1. The summed E-state index contributed by atoms with van der Waals surface area (Å²) in [6, 6.07) is 14.5. The van der Waals surface area contributed by atoms with Crippen molar-refractivity contribution < 1.29 is 13.2 Å². The van der Waals surface area contributed by atoms with Crippen LogP contribution in [0.15, 0.2) is 58.4 Å². The number of benzene rings is 2. The molecule has 1 aromatic heterocycles. The van der Waals surface area contributed by atoms with Gasteiger partial charge in [-0.05, 0) is 50.1 Å². The second-order valence-electron chi connectivity index (χ2n) is 6.34. The van der Waals surface area contributed by atoms with E-state index in [1.54, 1.807) is 30.3 Å². The molecule has 0 saturated carbocycles. The third-order valence-corrected chi connectivity index (χ3v) is 7.14. The van der Waals surface area contributed by atoms with Gasteiger partial charge in [-0.1, -0.05) is 35.6 Å². The lowest BCUT2D eigenvalue weighted by Crippen LogP contribution is -2.16. The van der Waals surface area contributed by atoms with Crippen molar-refractivity contribution in [2.75, 3.05) is 5.75 Å². The van der Waals surface area contributed by atoms with Crippen LogP contribution in [0.4, 0.5) is 0 Å². The standard InChI is InChI=1S/C20H22N2O3S2/c1-3-22-17-12-11-15(2)14-18(17)26-20(22)21-19(23)10-7-13-27(24,25)16-8-5-4-6-9-16/h4-6,8-9,11-12,14H,3,7,10,13H2,1-2H3. The first-order valence-corrected chi connectivity index (χ1v) is 11.3. The van der Waals surface area contributed by atoms with Gasteiger partial charge in [-0.3, -0.25) is 4.79 Å². The molecule has 0 unspecified atom stereocenters. The molecule has 5 nitrogen and oxygen atoms in total. The van der Waals surface area contributed by atoms with Crippen LogP contribution in [0.2, 0.25) is 0 Å². The van der Waals surface area contributed by atoms with Crippen LogP contribution in [0.5, 0.6) is 0 Å². The second kappa shape index (κ2) is 8.19. The van der Waals surface area contributed by atoms with Gasteiger partial charge in [0.25, 0.3) is 0 Å². The summed E-state index contributed by atoms with van der Waals surface area (Å²) in [6.45, 7) is 4.77. The molecule has 3 aromatic rings. The molecule has 0 spiro atoms. The zero-order valence-electron chi connectivity index (χ0n) is 15.4. The highest BCUT2D eigenvalue weighted by molar-refractivity contribution is 7.91. The Morgan fingerprint density at radius 2 is 1.89 bits per heavy atom. The van der Waals surface area contributed by atoms with E-state index in [0.717, 1.165) is 22.3 Å². The molecule has 0 radical (unpaired) electrons. The molecule has 0 N–H and O–H groups in total. The first-order valence-electron chi connectivity index (χ1n) is 8.86. The van der Waals surface area contributed by atoms with E-state index >= 15 is 0 Å². The highest BCUT2D eigenvalue weighted by atomic mass is 32.2. The van der Waals surface area contributed by atoms with E-state index < -0.39 is 9.84 Å². The van der Waals surface area contributed by atoms with Gasteiger partial charge >= 0.3 is 0 Å². The van der Waals surface area contributed by atoms with Crippen LogP contribution in [0, 0.1) is 6.92 Å². The van der Waals surface area contributed by atoms with Crippen LogP contribution in [0.1, 0.15) is 25.3 Å². The van der Waals surface area contributed by atoms with Gasteiger partial charge in [-0.15, -0.1) is 0 Å². The Balaban J connectivity index is 1.73. The minimum atomic E-state index is -3.36. The molecule has 0 fully saturated rings. The first kappa shape index (κ1) is 19.5. The maximum atomic E-state index is 12.3. The van der Waals surface area contributed by atoms with E-state index in [0.29, 0.717) is 4.80 Å². The number of fused-ring (bicyclic) bond motifs is 1. The average Bonchev–Trinajstić information content (AvgIpc) is 2.98. The molecule has 0 saturated heterocycles. The maximum Gasteiger partial charge on any atom is 0.248 e. The van der Waals surface area contributed by atoms with E-state index in [2.05, 4.69) is 11.1 Å². The van der Waals surface area contributed by atoms with E-state index in [-0.39, 0.29) is 29.4 Å². The smallest absolute Gasteiger partial charge is 0.248 e. The normalized spacial score (nSPS) is 12.6. The minimum Gasteiger partial charge on any atom is -0.317 e. The molecule has 0 aliphatic heterocycles. The number of aromatic nitrogens is 1. The molecule has 142 valence electrons. The molecule has 2 aromatic carbocycles. The topological polar surface area (TPSA) is 68.5 Å². The Morgan fingerprint density at radius 1 is 1.15 bits per heavy atom. The van der Waals surface area contributed by atoms with Crippen molar-refractivity contribution in [1.82, 2.24) is 4.57 Å². The fourth-order valence-electron chi connectivity index (χ4n) is 2.89.